The smallest absolute Gasteiger partial charge is 0.000461 e. The lowest BCUT2D eigenvalue weighted by Gasteiger charge is -1.85. The van der Waals surface area contributed by atoms with Gasteiger partial charge < -0.3 is 0 Å². The first-order chi connectivity index (χ1) is 2.91. The van der Waals surface area contributed by atoms with Gasteiger partial charge in [0.25, 0.3) is 0 Å². The second-order valence-corrected chi connectivity index (χ2v) is 2.84. The van der Waals surface area contributed by atoms with Crippen molar-refractivity contribution in [2.75, 3.05) is 10.6 Å². The molecule has 0 saturated heterocycles. The van der Waals surface area contributed by atoms with Crippen molar-refractivity contribution >= 4 is 31.8 Å². The summed E-state index contributed by atoms with van der Waals surface area (Å²) >= 11 is 2.40. The number of unbranched alkanes of at least 4 members (excludes halogenated alkanes) is 1. The van der Waals surface area contributed by atoms with Gasteiger partial charge in [0.15, 0.2) is 0 Å². The van der Waals surface area contributed by atoms with Crippen molar-refractivity contribution in [3.05, 3.63) is 0 Å². The Bertz CT molecular complexity index is 19.5. The van der Waals surface area contributed by atoms with Crippen LogP contribution in [-0.2, 0) is 0 Å². The van der Waals surface area contributed by atoms with Crippen LogP contribution in [0.15, 0.2) is 0 Å². The Hall–Kier alpha value is 1.16. The molecule has 0 aromatic rings. The van der Waals surface area contributed by atoms with Crippen molar-refractivity contribution in [2.24, 2.45) is 0 Å². The summed E-state index contributed by atoms with van der Waals surface area (Å²) in [5.74, 6) is 0. The lowest BCUT2D eigenvalue weighted by molar-refractivity contribution is 0.919. The van der Waals surface area contributed by atoms with Crippen LogP contribution < -0.4 is 0 Å². The molecule has 2 heteroatoms. The van der Waals surface area contributed by atoms with E-state index in [0.29, 0.717) is 0 Å². The van der Waals surface area contributed by atoms with Gasteiger partial charge in [-0.15, -0.1) is 9.24 Å². The van der Waals surface area contributed by atoms with Gasteiger partial charge in [-0.1, -0.05) is 22.6 Å². The van der Waals surface area contributed by atoms with E-state index in [1.54, 1.807) is 0 Å². The van der Waals surface area contributed by atoms with Gasteiger partial charge in [0.05, 0.1) is 0 Å². The molecular weight excluding hydrogens is 206 g/mol. The molecule has 0 aromatic heterocycles. The second kappa shape index (κ2) is 6.16. The molecular formula is C4H10IP. The molecule has 0 bridgehead atoms. The molecule has 1 atom stereocenters. The highest BCUT2D eigenvalue weighted by Crippen LogP contribution is 1.96. The van der Waals surface area contributed by atoms with Crippen LogP contribution in [0.25, 0.3) is 0 Å². The molecule has 0 aliphatic heterocycles. The number of rotatable bonds is 3. The molecule has 0 amide bonds. The predicted octanol–water partition coefficient (Wildman–Crippen LogP) is 2.08. The third-order valence-electron chi connectivity index (χ3n) is 0.588. The summed E-state index contributed by atoms with van der Waals surface area (Å²) in [5.41, 5.74) is 0. The Kier molecular flexibility index (Phi) is 7.35. The molecule has 6 heavy (non-hydrogen) atoms. The van der Waals surface area contributed by atoms with E-state index in [4.69, 9.17) is 0 Å². The fourth-order valence-electron chi connectivity index (χ4n) is 0.239. The maximum atomic E-state index is 2.73. The minimum atomic E-state index is 1.27. The van der Waals surface area contributed by atoms with E-state index < -0.39 is 0 Å². The first-order valence-electron chi connectivity index (χ1n) is 2.18. The quantitative estimate of drug-likeness (QED) is 0.293. The maximum absolute atomic E-state index is 2.73. The highest BCUT2D eigenvalue weighted by molar-refractivity contribution is 14.1. The second-order valence-electron chi connectivity index (χ2n) is 1.18. The zero-order valence-electron chi connectivity index (χ0n) is 3.78. The van der Waals surface area contributed by atoms with E-state index >= 15 is 0 Å². The summed E-state index contributed by atoms with van der Waals surface area (Å²) in [7, 11) is 2.73. The largest absolute Gasteiger partial charge is 0.138 e. The van der Waals surface area contributed by atoms with Crippen molar-refractivity contribution in [1.29, 1.82) is 0 Å². The average Bonchev–Trinajstić information content (AvgIpc) is 1.61. The van der Waals surface area contributed by atoms with Crippen LogP contribution in [0.2, 0.25) is 0 Å². The van der Waals surface area contributed by atoms with Crippen LogP contribution >= 0.6 is 31.8 Å². The Labute approximate surface area is 55.4 Å². The Morgan fingerprint density at radius 2 is 2.00 bits per heavy atom. The van der Waals surface area contributed by atoms with E-state index in [2.05, 4.69) is 31.8 Å². The molecule has 0 aliphatic carbocycles. The van der Waals surface area contributed by atoms with E-state index in [1.807, 2.05) is 0 Å². The first-order valence-corrected chi connectivity index (χ1v) is 4.52. The molecule has 0 aromatic carbocycles. The normalized spacial score (nSPS) is 9.00. The Balaban J connectivity index is 2.34. The summed E-state index contributed by atoms with van der Waals surface area (Å²) in [6.45, 7) is 0. The molecule has 1 unspecified atom stereocenters. The zero-order chi connectivity index (χ0) is 4.83. The molecule has 0 nitrogen and oxygen atoms in total. The molecule has 0 spiro atoms. The fourth-order valence-corrected chi connectivity index (χ4v) is 1.07. The number of hydrogen-bond donors (Lipinski definition) is 0. The minimum Gasteiger partial charge on any atom is -0.138 e. The van der Waals surface area contributed by atoms with Crippen molar-refractivity contribution in [1.82, 2.24) is 0 Å². The van der Waals surface area contributed by atoms with Crippen molar-refractivity contribution in [3.63, 3.8) is 0 Å². The lowest BCUT2D eigenvalue weighted by atomic mass is 10.4. The Morgan fingerprint density at radius 3 is 2.17 bits per heavy atom. The lowest BCUT2D eigenvalue weighted by Crippen LogP contribution is -1.73. The van der Waals surface area contributed by atoms with Gasteiger partial charge >= 0.3 is 0 Å². The van der Waals surface area contributed by atoms with Gasteiger partial charge in [0.2, 0.25) is 0 Å². The predicted molar refractivity (Wildman–Crippen MR) is 42.7 cm³/mol. The summed E-state index contributed by atoms with van der Waals surface area (Å²) in [5, 5.41) is 0. The number of halogens is 1. The molecule has 38 valence electrons. The highest BCUT2D eigenvalue weighted by Gasteiger charge is 1.76. The van der Waals surface area contributed by atoms with Crippen LogP contribution in [0.4, 0.5) is 0 Å². The summed E-state index contributed by atoms with van der Waals surface area (Å²) in [6.07, 6.45) is 4.01. The SMILES string of the molecule is PCCCCI. The van der Waals surface area contributed by atoms with Gasteiger partial charge in [-0.2, -0.15) is 0 Å². The number of alkyl halides is 1. The van der Waals surface area contributed by atoms with Crippen molar-refractivity contribution in [3.8, 4) is 0 Å². The van der Waals surface area contributed by atoms with E-state index in [9.17, 15) is 0 Å². The van der Waals surface area contributed by atoms with Gasteiger partial charge in [-0.25, -0.2) is 0 Å². The maximum Gasteiger partial charge on any atom is -0.000461 e. The monoisotopic (exact) mass is 216 g/mol. The molecule has 0 rings (SSSR count). The summed E-state index contributed by atoms with van der Waals surface area (Å²) < 4.78 is 1.31. The molecule has 0 radical (unpaired) electrons. The van der Waals surface area contributed by atoms with Gasteiger partial charge in [0.1, 0.15) is 0 Å². The van der Waals surface area contributed by atoms with Crippen LogP contribution in [0, 0.1) is 0 Å². The van der Waals surface area contributed by atoms with Crippen molar-refractivity contribution in [2.45, 2.75) is 12.8 Å². The highest BCUT2D eigenvalue weighted by atomic mass is 127. The summed E-state index contributed by atoms with van der Waals surface area (Å²) in [6, 6.07) is 0. The molecule has 0 N–H and O–H groups in total. The van der Waals surface area contributed by atoms with E-state index in [-0.39, 0.29) is 0 Å². The standard InChI is InChI=1S/C4H10IP/c5-3-1-2-4-6/h1-4,6H2. The van der Waals surface area contributed by atoms with Crippen LogP contribution in [-0.4, -0.2) is 10.6 Å². The van der Waals surface area contributed by atoms with Gasteiger partial charge in [-0.3, -0.25) is 0 Å². The number of hydrogen-bond acceptors (Lipinski definition) is 0. The topological polar surface area (TPSA) is 0 Å². The van der Waals surface area contributed by atoms with Crippen molar-refractivity contribution < 1.29 is 0 Å². The first kappa shape index (κ1) is 7.16. The molecule has 0 saturated carbocycles. The Morgan fingerprint density at radius 1 is 1.33 bits per heavy atom. The minimum absolute atomic E-state index is 1.27. The van der Waals surface area contributed by atoms with Gasteiger partial charge in [-0.05, 0) is 23.4 Å². The summed E-state index contributed by atoms with van der Waals surface area (Å²) in [4.78, 5) is 0. The van der Waals surface area contributed by atoms with Crippen LogP contribution in [0.5, 0.6) is 0 Å². The van der Waals surface area contributed by atoms with E-state index in [0.717, 1.165) is 0 Å². The fraction of sp³-hybridized carbons (Fsp3) is 1.00. The third-order valence-corrected chi connectivity index (χ3v) is 1.76. The van der Waals surface area contributed by atoms with Crippen LogP contribution in [0.3, 0.4) is 0 Å². The van der Waals surface area contributed by atoms with Gasteiger partial charge in [0, 0.05) is 0 Å². The van der Waals surface area contributed by atoms with E-state index in [1.165, 1.54) is 23.4 Å². The molecule has 0 aliphatic rings. The third kappa shape index (κ3) is 5.16. The zero-order valence-corrected chi connectivity index (χ0v) is 7.10. The molecule has 0 fully saturated rings. The molecule has 0 heterocycles. The average molecular weight is 216 g/mol. The van der Waals surface area contributed by atoms with Crippen LogP contribution in [0.1, 0.15) is 12.8 Å².